The smallest absolute Gasteiger partial charge is 0.100 e. The summed E-state index contributed by atoms with van der Waals surface area (Å²) in [6.07, 6.45) is 8.31. The van der Waals surface area contributed by atoms with Crippen molar-refractivity contribution in [1.82, 2.24) is 0 Å². The Bertz CT molecular complexity index is 1380. The Morgan fingerprint density at radius 3 is 1.62 bits per heavy atom. The average molecular weight is 444 g/mol. The van der Waals surface area contributed by atoms with E-state index in [1.54, 1.807) is 0 Å². The standard InChI is InChI=1S/C31H29N3/c1-33(2)28-16-8-23(9-17-28)5-6-25-12-20-30-27(21-25)15-14-26(31(30)22-32)13-7-24-10-18-29(19-11-24)34(3)4/h5-21H,1-4H3. The second kappa shape index (κ2) is 10.1. The maximum absolute atomic E-state index is 9.89. The van der Waals surface area contributed by atoms with Crippen LogP contribution in [0.1, 0.15) is 27.8 Å². The molecule has 34 heavy (non-hydrogen) atoms. The molecule has 0 saturated heterocycles. The van der Waals surface area contributed by atoms with Crippen LogP contribution in [0.2, 0.25) is 0 Å². The summed E-state index contributed by atoms with van der Waals surface area (Å²) in [6, 6.07) is 29.6. The Balaban J connectivity index is 1.57. The van der Waals surface area contributed by atoms with Gasteiger partial charge < -0.3 is 9.80 Å². The van der Waals surface area contributed by atoms with E-state index in [9.17, 15) is 5.26 Å². The molecule has 3 nitrogen and oxygen atoms in total. The molecular formula is C31H29N3. The van der Waals surface area contributed by atoms with Gasteiger partial charge in [0.05, 0.1) is 5.56 Å². The van der Waals surface area contributed by atoms with Gasteiger partial charge >= 0.3 is 0 Å². The van der Waals surface area contributed by atoms with Crippen molar-refractivity contribution < 1.29 is 0 Å². The minimum Gasteiger partial charge on any atom is -0.378 e. The highest BCUT2D eigenvalue weighted by Crippen LogP contribution is 2.26. The van der Waals surface area contributed by atoms with Crippen molar-refractivity contribution in [3.8, 4) is 6.07 Å². The third-order valence-corrected chi connectivity index (χ3v) is 5.93. The SMILES string of the molecule is CN(C)c1ccc(C=Cc2ccc3c(C#N)c(C=Cc4ccc(N(C)C)cc4)ccc3c2)cc1. The molecular weight excluding hydrogens is 414 g/mol. The van der Waals surface area contributed by atoms with E-state index in [-0.39, 0.29) is 0 Å². The fraction of sp³-hybridized carbons (Fsp3) is 0.129. The van der Waals surface area contributed by atoms with Crippen molar-refractivity contribution in [2.45, 2.75) is 0 Å². The molecule has 0 radical (unpaired) electrons. The van der Waals surface area contributed by atoms with Crippen molar-refractivity contribution in [2.24, 2.45) is 0 Å². The lowest BCUT2D eigenvalue weighted by Crippen LogP contribution is -2.07. The van der Waals surface area contributed by atoms with Crippen LogP contribution in [0.5, 0.6) is 0 Å². The topological polar surface area (TPSA) is 30.3 Å². The van der Waals surface area contributed by atoms with Gasteiger partial charge in [0, 0.05) is 45.0 Å². The van der Waals surface area contributed by atoms with E-state index in [2.05, 4.69) is 101 Å². The minimum atomic E-state index is 0.702. The summed E-state index contributed by atoms with van der Waals surface area (Å²) in [5, 5.41) is 11.9. The van der Waals surface area contributed by atoms with Gasteiger partial charge in [0.15, 0.2) is 0 Å². The number of nitriles is 1. The number of hydrogen-bond acceptors (Lipinski definition) is 3. The van der Waals surface area contributed by atoms with Crippen LogP contribution in [0.4, 0.5) is 11.4 Å². The summed E-state index contributed by atoms with van der Waals surface area (Å²) >= 11 is 0. The molecule has 0 atom stereocenters. The third kappa shape index (κ3) is 5.19. The average Bonchev–Trinajstić information content (AvgIpc) is 2.86. The molecule has 0 aromatic heterocycles. The van der Waals surface area contributed by atoms with E-state index >= 15 is 0 Å². The highest BCUT2D eigenvalue weighted by atomic mass is 15.1. The van der Waals surface area contributed by atoms with Gasteiger partial charge in [0.1, 0.15) is 6.07 Å². The summed E-state index contributed by atoms with van der Waals surface area (Å²) in [4.78, 5) is 4.17. The van der Waals surface area contributed by atoms with Gasteiger partial charge in [0.25, 0.3) is 0 Å². The van der Waals surface area contributed by atoms with E-state index < -0.39 is 0 Å². The molecule has 0 unspecified atom stereocenters. The predicted octanol–water partition coefficient (Wildman–Crippen LogP) is 7.18. The lowest BCUT2D eigenvalue weighted by Gasteiger charge is -2.11. The zero-order chi connectivity index (χ0) is 24.1. The molecule has 0 saturated carbocycles. The number of anilines is 2. The molecule has 0 bridgehead atoms. The van der Waals surface area contributed by atoms with Gasteiger partial charge in [-0.2, -0.15) is 5.26 Å². The Labute approximate surface area is 202 Å². The lowest BCUT2D eigenvalue weighted by atomic mass is 9.97. The maximum atomic E-state index is 9.89. The molecule has 3 heteroatoms. The van der Waals surface area contributed by atoms with Gasteiger partial charge in [-0.05, 0) is 58.0 Å². The monoisotopic (exact) mass is 443 g/mol. The minimum absolute atomic E-state index is 0.702. The normalized spacial score (nSPS) is 11.3. The Morgan fingerprint density at radius 1 is 0.588 bits per heavy atom. The van der Waals surface area contributed by atoms with Crippen LogP contribution >= 0.6 is 0 Å². The molecule has 0 aliphatic heterocycles. The molecule has 0 heterocycles. The van der Waals surface area contributed by atoms with Crippen molar-refractivity contribution in [1.29, 1.82) is 5.26 Å². The first-order valence-corrected chi connectivity index (χ1v) is 11.3. The zero-order valence-electron chi connectivity index (χ0n) is 20.2. The highest BCUT2D eigenvalue weighted by Gasteiger charge is 2.06. The van der Waals surface area contributed by atoms with Crippen LogP contribution < -0.4 is 9.80 Å². The Hall–Kier alpha value is -4.29. The molecule has 4 rings (SSSR count). The predicted molar refractivity (Wildman–Crippen MR) is 148 cm³/mol. The number of rotatable bonds is 6. The molecule has 0 amide bonds. The first-order chi connectivity index (χ1) is 16.4. The fourth-order valence-corrected chi connectivity index (χ4v) is 3.88. The Morgan fingerprint density at radius 2 is 1.09 bits per heavy atom. The fourth-order valence-electron chi connectivity index (χ4n) is 3.88. The molecule has 0 fully saturated rings. The van der Waals surface area contributed by atoms with Gasteiger partial charge in [0.2, 0.25) is 0 Å². The van der Waals surface area contributed by atoms with Gasteiger partial charge in [-0.15, -0.1) is 0 Å². The Kier molecular flexibility index (Phi) is 6.80. The highest BCUT2D eigenvalue weighted by molar-refractivity contribution is 5.94. The maximum Gasteiger partial charge on any atom is 0.100 e. The van der Waals surface area contributed by atoms with Gasteiger partial charge in [-0.25, -0.2) is 0 Å². The van der Waals surface area contributed by atoms with Crippen molar-refractivity contribution in [3.63, 3.8) is 0 Å². The van der Waals surface area contributed by atoms with Crippen molar-refractivity contribution in [3.05, 3.63) is 107 Å². The van der Waals surface area contributed by atoms with Crippen molar-refractivity contribution in [2.75, 3.05) is 38.0 Å². The number of nitrogens with zero attached hydrogens (tertiary/aromatic N) is 3. The summed E-state index contributed by atoms with van der Waals surface area (Å²) in [5.41, 5.74) is 7.34. The van der Waals surface area contributed by atoms with Gasteiger partial charge in [-0.3, -0.25) is 0 Å². The summed E-state index contributed by atoms with van der Waals surface area (Å²) in [7, 11) is 8.14. The van der Waals surface area contributed by atoms with Crippen molar-refractivity contribution >= 4 is 46.5 Å². The van der Waals surface area contributed by atoms with E-state index in [0.29, 0.717) is 5.56 Å². The second-order valence-electron chi connectivity index (χ2n) is 8.76. The van der Waals surface area contributed by atoms with E-state index in [0.717, 1.165) is 38.7 Å². The molecule has 0 aliphatic carbocycles. The van der Waals surface area contributed by atoms with Crippen LogP contribution in [0.3, 0.4) is 0 Å². The van der Waals surface area contributed by atoms with E-state index in [1.807, 2.05) is 46.4 Å². The molecule has 4 aromatic rings. The largest absolute Gasteiger partial charge is 0.378 e. The first-order valence-electron chi connectivity index (χ1n) is 11.3. The van der Waals surface area contributed by atoms with Crippen LogP contribution in [0.25, 0.3) is 35.1 Å². The van der Waals surface area contributed by atoms with E-state index in [1.165, 1.54) is 5.69 Å². The van der Waals surface area contributed by atoms with Crippen LogP contribution in [0.15, 0.2) is 78.9 Å². The van der Waals surface area contributed by atoms with Crippen LogP contribution in [-0.2, 0) is 0 Å². The second-order valence-corrected chi connectivity index (χ2v) is 8.76. The summed E-state index contributed by atoms with van der Waals surface area (Å²) in [6.45, 7) is 0. The first kappa shape index (κ1) is 22.9. The summed E-state index contributed by atoms with van der Waals surface area (Å²) in [5.74, 6) is 0. The van der Waals surface area contributed by atoms with Crippen LogP contribution in [-0.4, -0.2) is 28.2 Å². The molecule has 168 valence electrons. The molecule has 0 spiro atoms. The van der Waals surface area contributed by atoms with E-state index in [4.69, 9.17) is 0 Å². The number of hydrogen-bond donors (Lipinski definition) is 0. The van der Waals surface area contributed by atoms with Crippen LogP contribution in [0, 0.1) is 11.3 Å². The quantitative estimate of drug-likeness (QED) is 0.296. The molecule has 0 N–H and O–H groups in total. The lowest BCUT2D eigenvalue weighted by molar-refractivity contribution is 1.13. The summed E-state index contributed by atoms with van der Waals surface area (Å²) < 4.78 is 0. The number of benzene rings is 4. The zero-order valence-corrected chi connectivity index (χ0v) is 20.2. The third-order valence-electron chi connectivity index (χ3n) is 5.93. The van der Waals surface area contributed by atoms with Gasteiger partial charge in [-0.1, -0.05) is 72.8 Å². The molecule has 4 aromatic carbocycles. The number of fused-ring (bicyclic) bond motifs is 1. The molecule has 0 aliphatic rings.